The third-order valence-electron chi connectivity index (χ3n) is 5.52. The summed E-state index contributed by atoms with van der Waals surface area (Å²) in [7, 11) is 0. The first-order valence-electron chi connectivity index (χ1n) is 7.57. The number of esters is 1. The van der Waals surface area contributed by atoms with E-state index < -0.39 is 22.9 Å². The molecule has 3 N–H and O–H groups in total. The van der Waals surface area contributed by atoms with Crippen molar-refractivity contribution in [2.45, 2.75) is 75.3 Å². The zero-order chi connectivity index (χ0) is 14.8. The molecular weight excluding hydrogens is 260 g/mol. The molecule has 114 valence electrons. The van der Waals surface area contributed by atoms with Gasteiger partial charge in [-0.3, -0.25) is 4.79 Å². The third kappa shape index (κ3) is 1.98. The number of aliphatic hydroxyl groups excluding tert-OH is 1. The van der Waals surface area contributed by atoms with Gasteiger partial charge in [-0.1, -0.05) is 13.8 Å². The number of hydrogen-bond donors (Lipinski definition) is 3. The second-order valence-electron chi connectivity index (χ2n) is 7.38. The summed E-state index contributed by atoms with van der Waals surface area (Å²) < 4.78 is 5.71. The number of ether oxygens (including phenoxy) is 1. The summed E-state index contributed by atoms with van der Waals surface area (Å²) in [6.07, 6.45) is 1.71. The van der Waals surface area contributed by atoms with Crippen LogP contribution >= 0.6 is 0 Å². The van der Waals surface area contributed by atoms with Gasteiger partial charge in [0.2, 0.25) is 0 Å². The van der Waals surface area contributed by atoms with Crippen LogP contribution in [0.4, 0.5) is 0 Å². The van der Waals surface area contributed by atoms with Crippen LogP contribution in [0.15, 0.2) is 0 Å². The molecule has 0 heterocycles. The number of aliphatic hydroxyl groups is 3. The van der Waals surface area contributed by atoms with Crippen molar-refractivity contribution < 1.29 is 24.9 Å². The molecule has 4 saturated carbocycles. The van der Waals surface area contributed by atoms with Crippen LogP contribution in [0.2, 0.25) is 0 Å². The predicted molar refractivity (Wildman–Crippen MR) is 70.8 cm³/mol. The predicted octanol–water partition coefficient (Wildman–Crippen LogP) is 0.745. The van der Waals surface area contributed by atoms with Crippen LogP contribution < -0.4 is 0 Å². The van der Waals surface area contributed by atoms with Crippen LogP contribution in [0.25, 0.3) is 0 Å². The Morgan fingerprint density at radius 3 is 2.60 bits per heavy atom. The highest BCUT2D eigenvalue weighted by Gasteiger charge is 2.68. The highest BCUT2D eigenvalue weighted by Crippen LogP contribution is 2.60. The van der Waals surface area contributed by atoms with Gasteiger partial charge in [-0.2, -0.15) is 0 Å². The summed E-state index contributed by atoms with van der Waals surface area (Å²) in [4.78, 5) is 12.1. The fraction of sp³-hybridized carbons (Fsp3) is 0.933. The van der Waals surface area contributed by atoms with Crippen molar-refractivity contribution in [3.63, 3.8) is 0 Å². The van der Waals surface area contributed by atoms with E-state index in [1.807, 2.05) is 13.8 Å². The van der Waals surface area contributed by atoms with Gasteiger partial charge in [0.1, 0.15) is 5.60 Å². The Kier molecular flexibility index (Phi) is 2.99. The number of carbonyl (C=O) groups is 1. The third-order valence-corrected chi connectivity index (χ3v) is 5.52. The zero-order valence-corrected chi connectivity index (χ0v) is 12.1. The monoisotopic (exact) mass is 284 g/mol. The molecular formula is C15H24O5. The lowest BCUT2D eigenvalue weighted by atomic mass is 9.49. The fourth-order valence-corrected chi connectivity index (χ4v) is 4.71. The van der Waals surface area contributed by atoms with Crippen LogP contribution in [-0.4, -0.2) is 44.2 Å². The van der Waals surface area contributed by atoms with E-state index in [1.165, 1.54) is 0 Å². The molecule has 20 heavy (non-hydrogen) atoms. The second kappa shape index (κ2) is 4.18. The lowest BCUT2D eigenvalue weighted by Crippen LogP contribution is -2.72. The van der Waals surface area contributed by atoms with Crippen molar-refractivity contribution in [2.24, 2.45) is 11.8 Å². The lowest BCUT2D eigenvalue weighted by molar-refractivity contribution is -0.298. The van der Waals surface area contributed by atoms with Gasteiger partial charge in [-0.15, -0.1) is 0 Å². The van der Waals surface area contributed by atoms with Gasteiger partial charge in [-0.25, -0.2) is 0 Å². The van der Waals surface area contributed by atoms with Gasteiger partial charge in [0, 0.05) is 19.3 Å². The standard InChI is InChI=1S/C15H24O5/c1-3-9(2)12(17)20-14-5-10-4-13(18,6-14)7-15(19,8-14)11(10)16/h9-11,16,18-19H,3-8H2,1-2H3. The molecule has 6 atom stereocenters. The normalized spacial score (nSPS) is 51.0. The van der Waals surface area contributed by atoms with Crippen molar-refractivity contribution in [2.75, 3.05) is 0 Å². The average molecular weight is 284 g/mol. The molecule has 0 saturated heterocycles. The molecule has 4 bridgehead atoms. The van der Waals surface area contributed by atoms with Crippen LogP contribution in [-0.2, 0) is 9.53 Å². The summed E-state index contributed by atoms with van der Waals surface area (Å²) in [5, 5.41) is 31.4. The molecule has 0 aromatic carbocycles. The second-order valence-corrected chi connectivity index (χ2v) is 7.38. The van der Waals surface area contributed by atoms with Gasteiger partial charge < -0.3 is 20.1 Å². The summed E-state index contributed by atoms with van der Waals surface area (Å²) in [5.41, 5.74) is -3.13. The van der Waals surface area contributed by atoms with Crippen LogP contribution in [0.5, 0.6) is 0 Å². The highest BCUT2D eigenvalue weighted by molar-refractivity contribution is 5.72. The van der Waals surface area contributed by atoms with E-state index in [9.17, 15) is 20.1 Å². The Hall–Kier alpha value is -0.650. The maximum atomic E-state index is 12.1. The van der Waals surface area contributed by atoms with Crippen molar-refractivity contribution >= 4 is 5.97 Å². The topological polar surface area (TPSA) is 87.0 Å². The largest absolute Gasteiger partial charge is 0.459 e. The minimum absolute atomic E-state index is 0.181. The van der Waals surface area contributed by atoms with Crippen molar-refractivity contribution in [3.05, 3.63) is 0 Å². The number of hydrogen-bond acceptors (Lipinski definition) is 5. The minimum Gasteiger partial charge on any atom is -0.459 e. The molecule has 6 unspecified atom stereocenters. The molecule has 0 radical (unpaired) electrons. The van der Waals surface area contributed by atoms with Crippen LogP contribution in [0, 0.1) is 11.8 Å². The first kappa shape index (κ1) is 14.3. The Bertz CT molecular complexity index is 438. The Morgan fingerprint density at radius 1 is 1.30 bits per heavy atom. The van der Waals surface area contributed by atoms with Crippen LogP contribution in [0.3, 0.4) is 0 Å². The molecule has 4 aliphatic carbocycles. The van der Waals surface area contributed by atoms with Crippen molar-refractivity contribution in [3.8, 4) is 0 Å². The van der Waals surface area contributed by atoms with E-state index in [0.717, 1.165) is 0 Å². The van der Waals surface area contributed by atoms with E-state index >= 15 is 0 Å². The maximum Gasteiger partial charge on any atom is 0.309 e. The summed E-state index contributed by atoms with van der Waals surface area (Å²) in [6, 6.07) is 0. The summed E-state index contributed by atoms with van der Waals surface area (Å²) >= 11 is 0. The number of carbonyl (C=O) groups excluding carboxylic acids is 1. The van der Waals surface area contributed by atoms with E-state index in [1.54, 1.807) is 0 Å². The molecule has 0 aliphatic heterocycles. The van der Waals surface area contributed by atoms with E-state index in [4.69, 9.17) is 4.74 Å². The summed E-state index contributed by atoms with van der Waals surface area (Å²) in [5.74, 6) is -0.640. The molecule has 4 rings (SSSR count). The Labute approximate surface area is 118 Å². The molecule has 5 heteroatoms. The smallest absolute Gasteiger partial charge is 0.309 e. The van der Waals surface area contributed by atoms with Crippen LogP contribution in [0.1, 0.15) is 52.4 Å². The highest BCUT2D eigenvalue weighted by atomic mass is 16.6. The molecule has 4 aliphatic rings. The average Bonchev–Trinajstić information content (AvgIpc) is 2.31. The molecule has 0 spiro atoms. The van der Waals surface area contributed by atoms with E-state index in [0.29, 0.717) is 25.7 Å². The number of rotatable bonds is 3. The Morgan fingerprint density at radius 2 is 2.00 bits per heavy atom. The van der Waals surface area contributed by atoms with Gasteiger partial charge in [0.05, 0.1) is 23.2 Å². The fourth-order valence-electron chi connectivity index (χ4n) is 4.71. The van der Waals surface area contributed by atoms with Gasteiger partial charge >= 0.3 is 5.97 Å². The van der Waals surface area contributed by atoms with Crippen molar-refractivity contribution in [1.29, 1.82) is 0 Å². The molecule has 0 aromatic heterocycles. The van der Waals surface area contributed by atoms with E-state index in [2.05, 4.69) is 0 Å². The first-order chi connectivity index (χ1) is 9.21. The maximum absolute atomic E-state index is 12.1. The van der Waals surface area contributed by atoms with Gasteiger partial charge in [0.25, 0.3) is 0 Å². The van der Waals surface area contributed by atoms with E-state index in [-0.39, 0.29) is 30.6 Å². The summed E-state index contributed by atoms with van der Waals surface area (Å²) in [6.45, 7) is 3.75. The molecule has 0 amide bonds. The Balaban J connectivity index is 1.86. The van der Waals surface area contributed by atoms with Gasteiger partial charge in [-0.05, 0) is 25.2 Å². The molecule has 5 nitrogen and oxygen atoms in total. The lowest BCUT2D eigenvalue weighted by Gasteiger charge is -2.64. The molecule has 0 aromatic rings. The van der Waals surface area contributed by atoms with Gasteiger partial charge in [0.15, 0.2) is 0 Å². The molecule has 4 fully saturated rings. The SMILES string of the molecule is CCC(C)C(=O)OC12CC3CC(O)(C1)CC(O)(C2)C3O. The van der Waals surface area contributed by atoms with Crippen molar-refractivity contribution in [1.82, 2.24) is 0 Å². The minimum atomic E-state index is -1.32. The quantitative estimate of drug-likeness (QED) is 0.666. The first-order valence-corrected chi connectivity index (χ1v) is 7.57. The zero-order valence-electron chi connectivity index (χ0n) is 12.1.